The summed E-state index contributed by atoms with van der Waals surface area (Å²) in [5.74, 6) is 0. The lowest BCUT2D eigenvalue weighted by Crippen LogP contribution is -2.39. The molecule has 0 aliphatic heterocycles. The number of hydrogen-bond donors (Lipinski definition) is 0. The van der Waals surface area contributed by atoms with Crippen LogP contribution in [0.3, 0.4) is 0 Å². The molecule has 0 saturated heterocycles. The van der Waals surface area contributed by atoms with Crippen LogP contribution >= 0.6 is 0 Å². The number of ether oxygens (including phenoxy) is 2. The largest absolute Gasteiger partial charge is 0.508 e. The molecule has 0 aliphatic rings. The third-order valence-electron chi connectivity index (χ3n) is 2.64. The van der Waals surface area contributed by atoms with E-state index < -0.39 is 42.6 Å². The molecule has 0 unspecified atom stereocenters. The molecule has 3 nitrogen and oxygen atoms in total. The van der Waals surface area contributed by atoms with Crippen molar-refractivity contribution in [2.24, 2.45) is 10.8 Å². The molecule has 0 radical (unpaired) electrons. The van der Waals surface area contributed by atoms with Gasteiger partial charge in [-0.05, 0) is 27.7 Å². The predicted octanol–water partition coefficient (Wildman–Crippen LogP) is 4.32. The molecule has 0 saturated carbocycles. The summed E-state index contributed by atoms with van der Waals surface area (Å²) in [6.45, 7) is 1.09. The van der Waals surface area contributed by atoms with Crippen LogP contribution in [0, 0.1) is 10.8 Å². The Morgan fingerprint density at radius 3 is 1.20 bits per heavy atom. The van der Waals surface area contributed by atoms with Crippen molar-refractivity contribution in [3.8, 4) is 0 Å². The molecule has 0 fully saturated rings. The fourth-order valence-electron chi connectivity index (χ4n) is 0.684. The average Bonchev–Trinajstić information content (AvgIpc) is 2.20. The molecule has 20 heavy (non-hydrogen) atoms. The standard InChI is InChI=1S/C11H16F6O3/c1-8(2,10(12,13)14)5-19-7(18)20-6-9(3,4)11(15,16)17/h5-6H2,1-4H3. The van der Waals surface area contributed by atoms with Crippen LogP contribution in [0.5, 0.6) is 0 Å². The van der Waals surface area contributed by atoms with Gasteiger partial charge in [0.15, 0.2) is 0 Å². The first-order valence-electron chi connectivity index (χ1n) is 5.53. The van der Waals surface area contributed by atoms with Crippen LogP contribution in [0.2, 0.25) is 0 Å². The van der Waals surface area contributed by atoms with Crippen LogP contribution in [0.1, 0.15) is 27.7 Å². The third-order valence-corrected chi connectivity index (χ3v) is 2.64. The maximum absolute atomic E-state index is 12.4. The van der Waals surface area contributed by atoms with E-state index in [0.29, 0.717) is 0 Å². The van der Waals surface area contributed by atoms with Gasteiger partial charge in [0.05, 0.1) is 10.8 Å². The van der Waals surface area contributed by atoms with Crippen molar-refractivity contribution in [2.75, 3.05) is 13.2 Å². The fourth-order valence-corrected chi connectivity index (χ4v) is 0.684. The molecular formula is C11H16F6O3. The van der Waals surface area contributed by atoms with Gasteiger partial charge < -0.3 is 9.47 Å². The normalized spacial score (nSPS) is 14.1. The quantitative estimate of drug-likeness (QED) is 0.573. The summed E-state index contributed by atoms with van der Waals surface area (Å²) in [5.41, 5.74) is -4.63. The fraction of sp³-hybridized carbons (Fsp3) is 0.909. The molecule has 0 rings (SSSR count). The van der Waals surface area contributed by atoms with Crippen molar-refractivity contribution in [1.29, 1.82) is 0 Å². The van der Waals surface area contributed by atoms with E-state index >= 15 is 0 Å². The smallest absolute Gasteiger partial charge is 0.433 e. The number of carbonyl (C=O) groups excluding carboxylic acids is 1. The summed E-state index contributed by atoms with van der Waals surface area (Å²) in [5, 5.41) is 0. The Bertz CT molecular complexity index is 311. The van der Waals surface area contributed by atoms with Gasteiger partial charge in [-0.25, -0.2) is 4.79 Å². The van der Waals surface area contributed by atoms with Gasteiger partial charge in [0.25, 0.3) is 0 Å². The summed E-state index contributed by atoms with van der Waals surface area (Å²) < 4.78 is 83.0. The van der Waals surface area contributed by atoms with Crippen LogP contribution in [0.25, 0.3) is 0 Å². The maximum atomic E-state index is 12.4. The zero-order valence-corrected chi connectivity index (χ0v) is 11.4. The first-order chi connectivity index (χ1) is 8.60. The molecule has 0 aromatic rings. The Labute approximate surface area is 112 Å². The molecular weight excluding hydrogens is 294 g/mol. The van der Waals surface area contributed by atoms with Crippen LogP contribution in [0.4, 0.5) is 31.1 Å². The van der Waals surface area contributed by atoms with E-state index in [-0.39, 0.29) is 0 Å². The van der Waals surface area contributed by atoms with E-state index in [1.165, 1.54) is 0 Å². The predicted molar refractivity (Wildman–Crippen MR) is 57.0 cm³/mol. The number of hydrogen-bond acceptors (Lipinski definition) is 3. The summed E-state index contributed by atoms with van der Waals surface area (Å²) in [4.78, 5) is 11.0. The summed E-state index contributed by atoms with van der Waals surface area (Å²) in [7, 11) is 0. The first kappa shape index (κ1) is 18.9. The van der Waals surface area contributed by atoms with Gasteiger partial charge in [0.2, 0.25) is 0 Å². The Morgan fingerprint density at radius 2 is 1.00 bits per heavy atom. The molecule has 0 aromatic heterocycles. The molecule has 0 heterocycles. The van der Waals surface area contributed by atoms with Crippen molar-refractivity contribution < 1.29 is 40.6 Å². The highest BCUT2D eigenvalue weighted by molar-refractivity contribution is 5.59. The number of halogens is 6. The van der Waals surface area contributed by atoms with E-state index in [0.717, 1.165) is 27.7 Å². The van der Waals surface area contributed by atoms with Crippen molar-refractivity contribution in [3.05, 3.63) is 0 Å². The molecule has 9 heteroatoms. The third kappa shape index (κ3) is 5.09. The highest BCUT2D eigenvalue weighted by Gasteiger charge is 2.49. The number of alkyl halides is 6. The van der Waals surface area contributed by atoms with Gasteiger partial charge in [-0.3, -0.25) is 0 Å². The van der Waals surface area contributed by atoms with E-state index in [2.05, 4.69) is 9.47 Å². The van der Waals surface area contributed by atoms with Gasteiger partial charge in [0, 0.05) is 0 Å². The lowest BCUT2D eigenvalue weighted by molar-refractivity contribution is -0.229. The van der Waals surface area contributed by atoms with Gasteiger partial charge in [-0.15, -0.1) is 0 Å². The average molecular weight is 310 g/mol. The Kier molecular flexibility index (Phi) is 5.36. The second-order valence-corrected chi connectivity index (χ2v) is 5.59. The summed E-state index contributed by atoms with van der Waals surface area (Å²) in [6.07, 6.45) is -10.8. The Hall–Kier alpha value is -1.15. The van der Waals surface area contributed by atoms with E-state index in [1.807, 2.05) is 0 Å². The van der Waals surface area contributed by atoms with Crippen LogP contribution in [-0.2, 0) is 9.47 Å². The topological polar surface area (TPSA) is 35.5 Å². The van der Waals surface area contributed by atoms with Gasteiger partial charge in [-0.1, -0.05) is 0 Å². The van der Waals surface area contributed by atoms with Crippen LogP contribution < -0.4 is 0 Å². The second-order valence-electron chi connectivity index (χ2n) is 5.59. The maximum Gasteiger partial charge on any atom is 0.508 e. The minimum atomic E-state index is -4.61. The second kappa shape index (κ2) is 5.69. The van der Waals surface area contributed by atoms with Gasteiger partial charge >= 0.3 is 18.5 Å². The minimum Gasteiger partial charge on any atom is -0.433 e. The SMILES string of the molecule is CC(C)(COC(=O)OCC(C)(C)C(F)(F)F)C(F)(F)F. The number of rotatable bonds is 4. The molecule has 0 amide bonds. The Balaban J connectivity index is 4.35. The zero-order chi connectivity index (χ0) is 16.4. The Morgan fingerprint density at radius 1 is 0.750 bits per heavy atom. The minimum absolute atomic E-state index is 0.792. The van der Waals surface area contributed by atoms with Crippen molar-refractivity contribution in [3.63, 3.8) is 0 Å². The molecule has 0 spiro atoms. The molecule has 120 valence electrons. The van der Waals surface area contributed by atoms with Gasteiger partial charge in [0.1, 0.15) is 13.2 Å². The van der Waals surface area contributed by atoms with E-state index in [9.17, 15) is 31.1 Å². The summed E-state index contributed by atoms with van der Waals surface area (Å²) >= 11 is 0. The van der Waals surface area contributed by atoms with Crippen molar-refractivity contribution >= 4 is 6.16 Å². The highest BCUT2D eigenvalue weighted by Crippen LogP contribution is 2.39. The molecule has 0 aromatic carbocycles. The first-order valence-corrected chi connectivity index (χ1v) is 5.53. The molecule has 0 N–H and O–H groups in total. The zero-order valence-electron chi connectivity index (χ0n) is 11.4. The molecule has 0 bridgehead atoms. The van der Waals surface area contributed by atoms with E-state index in [4.69, 9.17) is 0 Å². The van der Waals surface area contributed by atoms with E-state index in [1.54, 1.807) is 0 Å². The van der Waals surface area contributed by atoms with Gasteiger partial charge in [-0.2, -0.15) is 26.3 Å². The molecule has 0 aliphatic carbocycles. The van der Waals surface area contributed by atoms with Crippen molar-refractivity contribution in [2.45, 2.75) is 40.0 Å². The lowest BCUT2D eigenvalue weighted by atomic mass is 9.94. The highest BCUT2D eigenvalue weighted by atomic mass is 19.4. The van der Waals surface area contributed by atoms with Crippen molar-refractivity contribution in [1.82, 2.24) is 0 Å². The monoisotopic (exact) mass is 310 g/mol. The summed E-state index contributed by atoms with van der Waals surface area (Å²) in [6, 6.07) is 0. The van der Waals surface area contributed by atoms with Crippen LogP contribution in [-0.4, -0.2) is 31.7 Å². The number of carbonyl (C=O) groups is 1. The lowest BCUT2D eigenvalue weighted by Gasteiger charge is -2.28. The van der Waals surface area contributed by atoms with Crippen LogP contribution in [0.15, 0.2) is 0 Å². The molecule has 0 atom stereocenters.